The molecule has 0 fully saturated rings. The number of pyridine rings is 1. The molecule has 0 saturated carbocycles. The van der Waals surface area contributed by atoms with Gasteiger partial charge in [-0.2, -0.15) is 0 Å². The average molecular weight is 551 g/mol. The summed E-state index contributed by atoms with van der Waals surface area (Å²) in [6.45, 7) is 2.21. The molecule has 1 aliphatic rings. The van der Waals surface area contributed by atoms with Crippen LogP contribution in [0, 0.1) is 22.3 Å². The molecule has 31 heavy (non-hydrogen) atoms. The lowest BCUT2D eigenvalue weighted by molar-refractivity contribution is 0.509. The van der Waals surface area contributed by atoms with Gasteiger partial charge in [0, 0.05) is 48.1 Å². The first kappa shape index (κ1) is 20.4. The van der Waals surface area contributed by atoms with Gasteiger partial charge in [0.05, 0.1) is 4.90 Å². The summed E-state index contributed by atoms with van der Waals surface area (Å²) in [6, 6.07) is 10.7. The van der Waals surface area contributed by atoms with Crippen molar-refractivity contribution in [3.8, 4) is 11.1 Å². The minimum absolute atomic E-state index is 0.158. The van der Waals surface area contributed by atoms with Crippen LogP contribution in [0.15, 0.2) is 53.6 Å². The molecule has 0 amide bonds. The van der Waals surface area contributed by atoms with E-state index in [9.17, 15) is 17.2 Å². The smallest absolute Gasteiger partial charge is 0.270 e. The quantitative estimate of drug-likeness (QED) is 0.326. The number of nitrogens with zero attached hydrogens (tertiary/aromatic N) is 3. The topological polar surface area (TPSA) is 55.2 Å². The molecule has 2 aromatic carbocycles. The van der Waals surface area contributed by atoms with Crippen molar-refractivity contribution in [2.75, 3.05) is 11.9 Å². The van der Waals surface area contributed by atoms with Gasteiger partial charge in [-0.1, -0.05) is 17.7 Å². The highest BCUT2D eigenvalue weighted by atomic mass is 127. The van der Waals surface area contributed by atoms with Crippen LogP contribution in [-0.2, 0) is 16.6 Å². The number of anilines is 1. The minimum atomic E-state index is -3.92. The molecule has 0 radical (unpaired) electrons. The third-order valence-corrected chi connectivity index (χ3v) is 8.71. The molecule has 9 heteroatoms. The molecular weight excluding hydrogens is 535 g/mol. The maximum atomic E-state index is 14.1. The fraction of sp³-hybridized carbons (Fsp3) is 0.136. The summed E-state index contributed by atoms with van der Waals surface area (Å²) >= 11 is 2.01. The van der Waals surface area contributed by atoms with Crippen molar-refractivity contribution < 1.29 is 17.2 Å². The van der Waals surface area contributed by atoms with Gasteiger partial charge in [-0.05, 0) is 59.3 Å². The summed E-state index contributed by atoms with van der Waals surface area (Å²) in [5.41, 5.74) is 3.61. The van der Waals surface area contributed by atoms with Crippen LogP contribution in [-0.4, -0.2) is 24.4 Å². The van der Waals surface area contributed by atoms with E-state index >= 15 is 0 Å². The van der Waals surface area contributed by atoms with Crippen LogP contribution in [0.2, 0.25) is 0 Å². The number of aryl methyl sites for hydroxylation is 1. The average Bonchev–Trinajstić information content (AvgIpc) is 2.95. The van der Waals surface area contributed by atoms with Crippen LogP contribution in [0.1, 0.15) is 11.1 Å². The summed E-state index contributed by atoms with van der Waals surface area (Å²) in [4.78, 5) is 6.33. The van der Waals surface area contributed by atoms with E-state index < -0.39 is 21.7 Å². The van der Waals surface area contributed by atoms with Gasteiger partial charge in [-0.15, -0.1) is 0 Å². The Bertz CT molecular complexity index is 1480. The van der Waals surface area contributed by atoms with Crippen LogP contribution in [0.25, 0.3) is 22.2 Å². The SMILES string of the molecule is Cc1ccc(S(=O)(=O)n2c(I)c3c4c(ccnc42)-c2cc(F)c(F)cc2N(C)C3)cc1. The number of benzene rings is 2. The van der Waals surface area contributed by atoms with Crippen molar-refractivity contribution >= 4 is 49.3 Å². The van der Waals surface area contributed by atoms with Gasteiger partial charge in [-0.3, -0.25) is 0 Å². The standard InChI is InChI=1S/C22H16F2IN3O2S/c1-12-3-5-13(6-4-12)31(29,30)28-21(25)16-11-27(2)19-10-18(24)17(23)9-15(19)14-7-8-26-22(28)20(14)16/h3-10H,11H2,1-2H3. The highest BCUT2D eigenvalue weighted by Gasteiger charge is 2.31. The number of fused-ring (bicyclic) bond motifs is 2. The first-order valence-corrected chi connectivity index (χ1v) is 11.9. The maximum Gasteiger partial charge on any atom is 0.270 e. The minimum Gasteiger partial charge on any atom is -0.370 e. The zero-order valence-electron chi connectivity index (χ0n) is 16.5. The molecule has 0 bridgehead atoms. The summed E-state index contributed by atoms with van der Waals surface area (Å²) in [6.07, 6.45) is 1.50. The van der Waals surface area contributed by atoms with E-state index in [2.05, 4.69) is 4.98 Å². The van der Waals surface area contributed by atoms with Crippen molar-refractivity contribution in [1.29, 1.82) is 0 Å². The van der Waals surface area contributed by atoms with Crippen LogP contribution >= 0.6 is 22.6 Å². The van der Waals surface area contributed by atoms with Crippen molar-refractivity contribution in [3.05, 3.63) is 75.1 Å². The van der Waals surface area contributed by atoms with Gasteiger partial charge in [0.2, 0.25) is 0 Å². The first-order valence-electron chi connectivity index (χ1n) is 9.40. The molecule has 1 aliphatic heterocycles. The third kappa shape index (κ3) is 2.97. The van der Waals surface area contributed by atoms with E-state index in [-0.39, 0.29) is 10.5 Å². The molecule has 0 spiro atoms. The second-order valence-corrected chi connectivity index (χ2v) is 10.4. The van der Waals surface area contributed by atoms with E-state index in [1.165, 1.54) is 16.2 Å². The van der Waals surface area contributed by atoms with Gasteiger partial charge < -0.3 is 4.90 Å². The molecular formula is C22H16F2IN3O2S. The van der Waals surface area contributed by atoms with Crippen LogP contribution in [0.3, 0.4) is 0 Å². The normalized spacial score (nSPS) is 13.4. The summed E-state index contributed by atoms with van der Waals surface area (Å²) in [5, 5.41) is 0.624. The molecule has 3 heterocycles. The molecule has 0 saturated heterocycles. The number of hydrogen-bond acceptors (Lipinski definition) is 4. The predicted molar refractivity (Wildman–Crippen MR) is 124 cm³/mol. The Labute approximate surface area is 191 Å². The molecule has 0 N–H and O–H groups in total. The maximum absolute atomic E-state index is 14.1. The van der Waals surface area contributed by atoms with Gasteiger partial charge in [-0.25, -0.2) is 26.2 Å². The van der Waals surface area contributed by atoms with Crippen molar-refractivity contribution in [1.82, 2.24) is 8.96 Å². The van der Waals surface area contributed by atoms with Gasteiger partial charge in [0.1, 0.15) is 3.70 Å². The van der Waals surface area contributed by atoms with E-state index in [1.807, 2.05) is 29.5 Å². The molecule has 2 aromatic heterocycles. The molecule has 4 aromatic rings. The largest absolute Gasteiger partial charge is 0.370 e. The highest BCUT2D eigenvalue weighted by Crippen LogP contribution is 2.44. The molecule has 5 rings (SSSR count). The van der Waals surface area contributed by atoms with E-state index in [0.29, 0.717) is 32.4 Å². The molecule has 5 nitrogen and oxygen atoms in total. The second-order valence-electron chi connectivity index (χ2n) is 7.55. The van der Waals surface area contributed by atoms with Gasteiger partial charge in [0.25, 0.3) is 10.0 Å². The molecule has 0 atom stereocenters. The number of hydrogen-bond donors (Lipinski definition) is 0. The predicted octanol–water partition coefficient (Wildman–Crippen LogP) is 5.08. The van der Waals surface area contributed by atoms with Gasteiger partial charge >= 0.3 is 0 Å². The second kappa shape index (κ2) is 6.99. The summed E-state index contributed by atoms with van der Waals surface area (Å²) < 4.78 is 56.9. The van der Waals surface area contributed by atoms with Crippen molar-refractivity contribution in [2.24, 2.45) is 0 Å². The summed E-state index contributed by atoms with van der Waals surface area (Å²) in [5.74, 6) is -1.88. The Kier molecular flexibility index (Phi) is 4.60. The lowest BCUT2D eigenvalue weighted by atomic mass is 10.0. The first-order chi connectivity index (χ1) is 14.7. The Hall–Kier alpha value is -2.53. The Morgan fingerprint density at radius 3 is 2.42 bits per heavy atom. The Morgan fingerprint density at radius 2 is 1.71 bits per heavy atom. The highest BCUT2D eigenvalue weighted by molar-refractivity contribution is 14.1. The number of aromatic nitrogens is 2. The van der Waals surface area contributed by atoms with Crippen LogP contribution in [0.5, 0.6) is 0 Å². The summed E-state index contributed by atoms with van der Waals surface area (Å²) in [7, 11) is -2.15. The monoisotopic (exact) mass is 551 g/mol. The number of halogens is 3. The fourth-order valence-electron chi connectivity index (χ4n) is 4.01. The third-order valence-electron chi connectivity index (χ3n) is 5.55. The lowest BCUT2D eigenvalue weighted by Crippen LogP contribution is -2.19. The van der Waals surface area contributed by atoms with E-state index in [1.54, 1.807) is 42.3 Å². The van der Waals surface area contributed by atoms with E-state index in [0.717, 1.165) is 17.2 Å². The van der Waals surface area contributed by atoms with Gasteiger partial charge in [0.15, 0.2) is 17.3 Å². The molecule has 0 aliphatic carbocycles. The molecule has 0 unspecified atom stereocenters. The Balaban J connectivity index is 1.86. The van der Waals surface area contributed by atoms with E-state index in [4.69, 9.17) is 0 Å². The number of rotatable bonds is 2. The van der Waals surface area contributed by atoms with Crippen molar-refractivity contribution in [3.63, 3.8) is 0 Å². The lowest BCUT2D eigenvalue weighted by Gasteiger charge is -2.21. The van der Waals surface area contributed by atoms with Crippen LogP contribution < -0.4 is 4.90 Å². The van der Waals surface area contributed by atoms with Crippen molar-refractivity contribution in [2.45, 2.75) is 18.4 Å². The fourth-order valence-corrected chi connectivity index (χ4v) is 6.84. The Morgan fingerprint density at radius 1 is 1.03 bits per heavy atom. The zero-order valence-corrected chi connectivity index (χ0v) is 19.5. The molecule has 158 valence electrons. The zero-order chi connectivity index (χ0) is 22.1. The van der Waals surface area contributed by atoms with Crippen LogP contribution in [0.4, 0.5) is 14.5 Å².